The lowest BCUT2D eigenvalue weighted by molar-refractivity contribution is 0.0205. The summed E-state index contributed by atoms with van der Waals surface area (Å²) in [7, 11) is 0. The number of hydrogen-bond donors (Lipinski definition) is 2. The van der Waals surface area contributed by atoms with Crippen molar-refractivity contribution in [3.05, 3.63) is 29.8 Å². The summed E-state index contributed by atoms with van der Waals surface area (Å²) in [6.45, 7) is 10.4. The van der Waals surface area contributed by atoms with Crippen molar-refractivity contribution in [2.75, 3.05) is 52.7 Å². The van der Waals surface area contributed by atoms with Crippen LogP contribution in [0.1, 0.15) is 31.7 Å². The molecule has 6 heteroatoms. The Hall–Kier alpha value is -1.79. The van der Waals surface area contributed by atoms with Crippen molar-refractivity contribution in [3.8, 4) is 5.75 Å². The number of hydrogen-bond acceptors (Lipinski definition) is 4. The van der Waals surface area contributed by atoms with Crippen LogP contribution in [0.2, 0.25) is 0 Å². The Bertz CT molecular complexity index is 528. The summed E-state index contributed by atoms with van der Waals surface area (Å²) in [5.41, 5.74) is 1.23. The van der Waals surface area contributed by atoms with Crippen LogP contribution < -0.4 is 15.4 Å². The molecule has 1 aromatic carbocycles. The van der Waals surface area contributed by atoms with Crippen LogP contribution in [-0.4, -0.2) is 58.6 Å². The Balaban J connectivity index is 1.55. The molecule has 1 aromatic rings. The van der Waals surface area contributed by atoms with Crippen LogP contribution in [0.3, 0.4) is 0 Å². The SMILES string of the molecule is CCNC(=NCCCOCC1CCOCC1)NCCOc1ccc(C)cc1. The second-order valence-corrected chi connectivity index (χ2v) is 6.83. The highest BCUT2D eigenvalue weighted by Crippen LogP contribution is 2.14. The minimum atomic E-state index is 0.599. The van der Waals surface area contributed by atoms with Crippen LogP contribution in [0.25, 0.3) is 0 Å². The first-order valence-electron chi connectivity index (χ1n) is 10.1. The van der Waals surface area contributed by atoms with Gasteiger partial charge in [0, 0.05) is 39.5 Å². The third-order valence-electron chi connectivity index (χ3n) is 4.44. The number of aryl methyl sites for hydroxylation is 1. The number of benzene rings is 1. The highest BCUT2D eigenvalue weighted by atomic mass is 16.5. The number of guanidine groups is 1. The lowest BCUT2D eigenvalue weighted by Crippen LogP contribution is -2.39. The fraction of sp³-hybridized carbons (Fsp3) is 0.667. The molecule has 27 heavy (non-hydrogen) atoms. The van der Waals surface area contributed by atoms with Gasteiger partial charge < -0.3 is 24.8 Å². The van der Waals surface area contributed by atoms with Crippen molar-refractivity contribution in [2.45, 2.75) is 33.1 Å². The molecule has 0 amide bonds. The van der Waals surface area contributed by atoms with Gasteiger partial charge in [-0.05, 0) is 51.2 Å². The Morgan fingerprint density at radius 1 is 1.15 bits per heavy atom. The van der Waals surface area contributed by atoms with E-state index in [1.807, 2.05) is 12.1 Å². The molecule has 1 aliphatic heterocycles. The van der Waals surface area contributed by atoms with E-state index in [0.717, 1.165) is 70.5 Å². The molecule has 0 bridgehead atoms. The molecule has 0 spiro atoms. The van der Waals surface area contributed by atoms with Gasteiger partial charge in [-0.25, -0.2) is 0 Å². The Morgan fingerprint density at radius 2 is 1.93 bits per heavy atom. The normalized spacial score (nSPS) is 15.6. The summed E-state index contributed by atoms with van der Waals surface area (Å²) in [5.74, 6) is 2.38. The first-order valence-corrected chi connectivity index (χ1v) is 10.1. The quantitative estimate of drug-likeness (QED) is 0.353. The summed E-state index contributed by atoms with van der Waals surface area (Å²) >= 11 is 0. The predicted octanol–water partition coefficient (Wildman–Crippen LogP) is 2.76. The standard InChI is InChI=1S/C21H35N3O3/c1-3-22-21(24-12-16-27-20-7-5-18(2)6-8-20)23-11-4-13-26-17-19-9-14-25-15-10-19/h5-8,19H,3-4,9-17H2,1-2H3,(H2,22,23,24). The highest BCUT2D eigenvalue weighted by Gasteiger charge is 2.13. The maximum atomic E-state index is 5.79. The largest absolute Gasteiger partial charge is 0.492 e. The Kier molecular flexibility index (Phi) is 10.7. The van der Waals surface area contributed by atoms with E-state index in [1.165, 1.54) is 5.56 Å². The molecule has 1 aliphatic rings. The minimum Gasteiger partial charge on any atom is -0.492 e. The van der Waals surface area contributed by atoms with Gasteiger partial charge in [-0.15, -0.1) is 0 Å². The molecule has 152 valence electrons. The molecule has 0 atom stereocenters. The molecule has 0 unspecified atom stereocenters. The van der Waals surface area contributed by atoms with Crippen LogP contribution in [0.15, 0.2) is 29.3 Å². The van der Waals surface area contributed by atoms with Gasteiger partial charge in [0.25, 0.3) is 0 Å². The molecule has 2 rings (SSSR count). The molecule has 0 aromatic heterocycles. The van der Waals surface area contributed by atoms with Crippen LogP contribution in [0, 0.1) is 12.8 Å². The molecule has 0 saturated carbocycles. The molecular formula is C21H35N3O3. The van der Waals surface area contributed by atoms with Crippen LogP contribution in [0.5, 0.6) is 5.75 Å². The lowest BCUT2D eigenvalue weighted by Gasteiger charge is -2.21. The topological polar surface area (TPSA) is 64.1 Å². The summed E-state index contributed by atoms with van der Waals surface area (Å²) in [6, 6.07) is 8.10. The molecule has 1 heterocycles. The molecule has 2 N–H and O–H groups in total. The summed E-state index contributed by atoms with van der Waals surface area (Å²) in [4.78, 5) is 4.59. The van der Waals surface area contributed by atoms with E-state index < -0.39 is 0 Å². The van der Waals surface area contributed by atoms with E-state index >= 15 is 0 Å². The molecule has 1 fully saturated rings. The zero-order chi connectivity index (χ0) is 19.2. The highest BCUT2D eigenvalue weighted by molar-refractivity contribution is 5.79. The predicted molar refractivity (Wildman–Crippen MR) is 110 cm³/mol. The molecule has 0 radical (unpaired) electrons. The third kappa shape index (κ3) is 9.63. The van der Waals surface area contributed by atoms with Crippen molar-refractivity contribution in [1.29, 1.82) is 0 Å². The number of rotatable bonds is 11. The van der Waals surface area contributed by atoms with E-state index in [9.17, 15) is 0 Å². The first kappa shape index (κ1) is 21.5. The number of ether oxygens (including phenoxy) is 3. The zero-order valence-corrected chi connectivity index (χ0v) is 16.8. The van der Waals surface area contributed by atoms with Crippen molar-refractivity contribution in [3.63, 3.8) is 0 Å². The maximum absolute atomic E-state index is 5.79. The maximum Gasteiger partial charge on any atom is 0.191 e. The van der Waals surface area contributed by atoms with Gasteiger partial charge in [0.15, 0.2) is 5.96 Å². The van der Waals surface area contributed by atoms with Gasteiger partial charge in [0.2, 0.25) is 0 Å². The monoisotopic (exact) mass is 377 g/mol. The van der Waals surface area contributed by atoms with Crippen LogP contribution in [-0.2, 0) is 9.47 Å². The smallest absolute Gasteiger partial charge is 0.191 e. The molecule has 6 nitrogen and oxygen atoms in total. The zero-order valence-electron chi connectivity index (χ0n) is 16.8. The average Bonchev–Trinajstić information content (AvgIpc) is 2.70. The third-order valence-corrected chi connectivity index (χ3v) is 4.44. The fourth-order valence-electron chi connectivity index (χ4n) is 2.84. The van der Waals surface area contributed by atoms with Gasteiger partial charge in [-0.2, -0.15) is 0 Å². The van der Waals surface area contributed by atoms with Crippen LogP contribution in [0.4, 0.5) is 0 Å². The second-order valence-electron chi connectivity index (χ2n) is 6.83. The second kappa shape index (κ2) is 13.4. The van der Waals surface area contributed by atoms with Gasteiger partial charge in [-0.3, -0.25) is 4.99 Å². The summed E-state index contributed by atoms with van der Waals surface area (Å²) in [6.07, 6.45) is 3.17. The number of nitrogens with one attached hydrogen (secondary N) is 2. The van der Waals surface area contributed by atoms with Crippen molar-refractivity contribution in [1.82, 2.24) is 10.6 Å². The molecular weight excluding hydrogens is 342 g/mol. The lowest BCUT2D eigenvalue weighted by atomic mass is 10.0. The summed E-state index contributed by atoms with van der Waals surface area (Å²) < 4.78 is 16.9. The van der Waals surface area contributed by atoms with Crippen molar-refractivity contribution < 1.29 is 14.2 Å². The first-order chi connectivity index (χ1) is 13.3. The number of nitrogens with zero attached hydrogens (tertiary/aromatic N) is 1. The molecule has 0 aliphatic carbocycles. The molecule has 1 saturated heterocycles. The van der Waals surface area contributed by atoms with Crippen molar-refractivity contribution >= 4 is 5.96 Å². The van der Waals surface area contributed by atoms with Crippen LogP contribution >= 0.6 is 0 Å². The fourth-order valence-corrected chi connectivity index (χ4v) is 2.84. The number of aliphatic imine (C=N–C) groups is 1. The Morgan fingerprint density at radius 3 is 2.67 bits per heavy atom. The Labute approximate surface area is 163 Å². The van der Waals surface area contributed by atoms with Gasteiger partial charge in [-0.1, -0.05) is 17.7 Å². The van der Waals surface area contributed by atoms with E-state index in [0.29, 0.717) is 19.1 Å². The van der Waals surface area contributed by atoms with Crippen molar-refractivity contribution in [2.24, 2.45) is 10.9 Å². The van der Waals surface area contributed by atoms with Gasteiger partial charge in [0.05, 0.1) is 6.54 Å². The van der Waals surface area contributed by atoms with E-state index in [1.54, 1.807) is 0 Å². The summed E-state index contributed by atoms with van der Waals surface area (Å²) in [5, 5.41) is 6.56. The average molecular weight is 378 g/mol. The van der Waals surface area contributed by atoms with E-state index in [-0.39, 0.29) is 0 Å². The van der Waals surface area contributed by atoms with E-state index in [2.05, 4.69) is 41.6 Å². The van der Waals surface area contributed by atoms with Gasteiger partial charge in [0.1, 0.15) is 12.4 Å². The minimum absolute atomic E-state index is 0.599. The van der Waals surface area contributed by atoms with E-state index in [4.69, 9.17) is 14.2 Å². The van der Waals surface area contributed by atoms with Gasteiger partial charge >= 0.3 is 0 Å².